The highest BCUT2D eigenvalue weighted by Gasteiger charge is 2.39. The second-order valence-electron chi connectivity index (χ2n) is 6.83. The zero-order valence-electron chi connectivity index (χ0n) is 16.3. The van der Waals surface area contributed by atoms with Crippen LogP contribution in [0.25, 0.3) is 5.57 Å². The number of non-ortho nitro benzene ring substituents is 1. The third kappa shape index (κ3) is 4.39. The van der Waals surface area contributed by atoms with Gasteiger partial charge in [-0.25, -0.2) is 0 Å². The summed E-state index contributed by atoms with van der Waals surface area (Å²) in [6.45, 7) is 0.131. The summed E-state index contributed by atoms with van der Waals surface area (Å²) in [5, 5.41) is 11.0. The predicted molar refractivity (Wildman–Crippen MR) is 118 cm³/mol. The molecule has 4 rings (SSSR count). The summed E-state index contributed by atoms with van der Waals surface area (Å²) in [5.41, 5.74) is 2.49. The minimum atomic E-state index is -0.499. The highest BCUT2D eigenvalue weighted by molar-refractivity contribution is 8.03. The summed E-state index contributed by atoms with van der Waals surface area (Å²) >= 11 is 1.30. The minimum absolute atomic E-state index is 0.0757. The summed E-state index contributed by atoms with van der Waals surface area (Å²) in [5.74, 6) is -0.253. The Morgan fingerprint density at radius 2 is 1.55 bits per heavy atom. The highest BCUT2D eigenvalue weighted by Crippen LogP contribution is 2.38. The van der Waals surface area contributed by atoms with Gasteiger partial charge in [0.05, 0.1) is 21.9 Å². The van der Waals surface area contributed by atoms with Crippen molar-refractivity contribution < 1.29 is 14.5 Å². The topological polar surface area (TPSA) is 93.4 Å². The molecule has 0 saturated heterocycles. The second-order valence-corrected chi connectivity index (χ2v) is 7.82. The van der Waals surface area contributed by atoms with Gasteiger partial charge in [0.15, 0.2) is 0 Å². The summed E-state index contributed by atoms with van der Waals surface area (Å²) in [4.78, 5) is 42.4. The van der Waals surface area contributed by atoms with Crippen LogP contribution in [0.2, 0.25) is 0 Å². The molecular weight excluding hydrogens is 414 g/mol. The first-order valence-electron chi connectivity index (χ1n) is 9.45. The first kappa shape index (κ1) is 20.5. The molecule has 1 aliphatic heterocycles. The van der Waals surface area contributed by atoms with E-state index in [-0.39, 0.29) is 23.7 Å². The number of carbonyl (C=O) groups is 2. The molecule has 0 fully saturated rings. The number of hydrogen-bond acceptors (Lipinski definition) is 6. The van der Waals surface area contributed by atoms with E-state index in [0.29, 0.717) is 16.2 Å². The molecule has 7 nitrogen and oxygen atoms in total. The molecule has 8 heteroatoms. The van der Waals surface area contributed by atoms with Crippen LogP contribution in [-0.4, -0.2) is 26.6 Å². The standard InChI is InChI=1S/C23H17N3O4S/c27-22-20(18-6-8-19(9-7-18)26(29)30)21(31-15-17-4-2-1-3-5-17)23(28)25(22)14-16-10-12-24-13-11-16/h1-13H,14-15H2. The highest BCUT2D eigenvalue weighted by atomic mass is 32.2. The first-order chi connectivity index (χ1) is 15.0. The maximum atomic E-state index is 13.2. The van der Waals surface area contributed by atoms with E-state index in [1.807, 2.05) is 30.3 Å². The van der Waals surface area contributed by atoms with E-state index in [4.69, 9.17) is 0 Å². The molecule has 3 aromatic rings. The van der Waals surface area contributed by atoms with E-state index in [0.717, 1.165) is 11.1 Å². The van der Waals surface area contributed by atoms with E-state index in [1.165, 1.54) is 40.9 Å². The maximum Gasteiger partial charge on any atom is 0.269 e. The number of nitro groups is 1. The molecule has 0 radical (unpaired) electrons. The lowest BCUT2D eigenvalue weighted by Crippen LogP contribution is -2.30. The van der Waals surface area contributed by atoms with E-state index < -0.39 is 10.8 Å². The zero-order valence-corrected chi connectivity index (χ0v) is 17.1. The number of imide groups is 1. The number of pyridine rings is 1. The normalized spacial score (nSPS) is 13.7. The molecule has 2 amide bonds. The van der Waals surface area contributed by atoms with Crippen LogP contribution in [0.3, 0.4) is 0 Å². The average Bonchev–Trinajstić information content (AvgIpc) is 3.03. The zero-order chi connectivity index (χ0) is 21.8. The van der Waals surface area contributed by atoms with Crippen molar-refractivity contribution in [2.45, 2.75) is 12.3 Å². The monoisotopic (exact) mass is 431 g/mol. The van der Waals surface area contributed by atoms with E-state index >= 15 is 0 Å². The van der Waals surface area contributed by atoms with Crippen molar-refractivity contribution in [3.8, 4) is 0 Å². The Morgan fingerprint density at radius 3 is 2.19 bits per heavy atom. The van der Waals surface area contributed by atoms with Gasteiger partial charge in [-0.3, -0.25) is 29.6 Å². The van der Waals surface area contributed by atoms with Crippen molar-refractivity contribution in [2.75, 3.05) is 0 Å². The van der Waals surface area contributed by atoms with Gasteiger partial charge >= 0.3 is 0 Å². The SMILES string of the molecule is O=C1C(SCc2ccccc2)=C(c2ccc([N+](=O)[O-])cc2)C(=O)N1Cc1ccncc1. The Labute approximate surface area is 182 Å². The Balaban J connectivity index is 1.68. The minimum Gasteiger partial charge on any atom is -0.269 e. The Hall–Kier alpha value is -3.78. The molecule has 2 heterocycles. The molecule has 31 heavy (non-hydrogen) atoms. The molecule has 0 unspecified atom stereocenters. The molecular formula is C23H17N3O4S. The van der Waals surface area contributed by atoms with Crippen molar-refractivity contribution >= 4 is 34.8 Å². The van der Waals surface area contributed by atoms with Crippen molar-refractivity contribution in [1.82, 2.24) is 9.88 Å². The summed E-state index contributed by atoms with van der Waals surface area (Å²) in [6.07, 6.45) is 3.21. The van der Waals surface area contributed by atoms with E-state index in [2.05, 4.69) is 4.98 Å². The van der Waals surface area contributed by atoms with Gasteiger partial charge in [0.1, 0.15) is 0 Å². The van der Waals surface area contributed by atoms with Gasteiger partial charge < -0.3 is 0 Å². The van der Waals surface area contributed by atoms with Gasteiger partial charge in [0, 0.05) is 30.3 Å². The largest absolute Gasteiger partial charge is 0.269 e. The van der Waals surface area contributed by atoms with Gasteiger partial charge in [-0.1, -0.05) is 30.3 Å². The lowest BCUT2D eigenvalue weighted by atomic mass is 10.1. The van der Waals surface area contributed by atoms with Gasteiger partial charge in [0.25, 0.3) is 17.5 Å². The van der Waals surface area contributed by atoms with Crippen molar-refractivity contribution in [3.63, 3.8) is 0 Å². The molecule has 0 atom stereocenters. The quantitative estimate of drug-likeness (QED) is 0.316. The summed E-state index contributed by atoms with van der Waals surface area (Å²) < 4.78 is 0. The van der Waals surface area contributed by atoms with Crippen LogP contribution in [0, 0.1) is 10.1 Å². The lowest BCUT2D eigenvalue weighted by molar-refractivity contribution is -0.384. The van der Waals surface area contributed by atoms with Crippen LogP contribution < -0.4 is 0 Å². The molecule has 154 valence electrons. The van der Waals surface area contributed by atoms with Gasteiger partial charge in [-0.15, -0.1) is 11.8 Å². The van der Waals surface area contributed by atoms with Crippen LogP contribution in [0.1, 0.15) is 16.7 Å². The fourth-order valence-corrected chi connectivity index (χ4v) is 4.32. The number of thioether (sulfide) groups is 1. The number of benzene rings is 2. The Morgan fingerprint density at radius 1 is 0.871 bits per heavy atom. The number of amides is 2. The number of nitro benzene ring substituents is 1. The second kappa shape index (κ2) is 8.93. The van der Waals surface area contributed by atoms with Crippen molar-refractivity contribution in [1.29, 1.82) is 0 Å². The van der Waals surface area contributed by atoms with Crippen LogP contribution in [0.15, 0.2) is 84.0 Å². The van der Waals surface area contributed by atoms with Gasteiger partial charge in [-0.05, 0) is 41.0 Å². The molecule has 1 aliphatic rings. The Bertz CT molecular complexity index is 1160. The van der Waals surface area contributed by atoms with E-state index in [9.17, 15) is 19.7 Å². The maximum absolute atomic E-state index is 13.2. The molecule has 1 aromatic heterocycles. The fraction of sp³-hybridized carbons (Fsp3) is 0.0870. The van der Waals surface area contributed by atoms with Crippen molar-refractivity contribution in [2.24, 2.45) is 0 Å². The fourth-order valence-electron chi connectivity index (χ4n) is 3.24. The van der Waals surface area contributed by atoms with E-state index in [1.54, 1.807) is 24.5 Å². The number of nitrogens with zero attached hydrogens (tertiary/aromatic N) is 3. The molecule has 0 saturated carbocycles. The summed E-state index contributed by atoms with van der Waals surface area (Å²) in [6, 6.07) is 18.9. The van der Waals surface area contributed by atoms with Crippen molar-refractivity contribution in [3.05, 3.63) is 111 Å². The number of aromatic nitrogens is 1. The number of hydrogen-bond donors (Lipinski definition) is 0. The van der Waals surface area contributed by atoms with Crippen LogP contribution in [-0.2, 0) is 21.9 Å². The predicted octanol–water partition coefficient (Wildman–Crippen LogP) is 4.20. The third-order valence-corrected chi connectivity index (χ3v) is 5.95. The molecule has 0 aliphatic carbocycles. The molecule has 0 N–H and O–H groups in total. The van der Waals surface area contributed by atoms with Crippen LogP contribution in [0.5, 0.6) is 0 Å². The van der Waals surface area contributed by atoms with Gasteiger partial charge in [0.2, 0.25) is 0 Å². The molecule has 0 spiro atoms. The Kier molecular flexibility index (Phi) is 5.90. The third-order valence-electron chi connectivity index (χ3n) is 4.81. The number of carbonyl (C=O) groups excluding carboxylic acids is 2. The average molecular weight is 431 g/mol. The van der Waals surface area contributed by atoms with Crippen LogP contribution in [0.4, 0.5) is 5.69 Å². The smallest absolute Gasteiger partial charge is 0.269 e. The molecule has 2 aromatic carbocycles. The first-order valence-corrected chi connectivity index (χ1v) is 10.4. The number of rotatable bonds is 7. The van der Waals surface area contributed by atoms with Gasteiger partial charge in [-0.2, -0.15) is 0 Å². The lowest BCUT2D eigenvalue weighted by Gasteiger charge is -2.15. The van der Waals surface area contributed by atoms with Crippen LogP contribution >= 0.6 is 11.8 Å². The summed E-state index contributed by atoms with van der Waals surface area (Å²) in [7, 11) is 0. The molecule has 0 bridgehead atoms.